The van der Waals surface area contributed by atoms with E-state index in [1.54, 1.807) is 10.9 Å². The van der Waals surface area contributed by atoms with Crippen LogP contribution in [0.2, 0.25) is 0 Å². The second-order valence-electron chi connectivity index (χ2n) is 4.86. The van der Waals surface area contributed by atoms with Crippen molar-refractivity contribution in [3.63, 3.8) is 0 Å². The highest BCUT2D eigenvalue weighted by molar-refractivity contribution is 5.66. The molecule has 0 atom stereocenters. The van der Waals surface area contributed by atoms with Gasteiger partial charge in [0, 0.05) is 24.8 Å². The quantitative estimate of drug-likeness (QED) is 0.780. The predicted octanol–water partition coefficient (Wildman–Crippen LogP) is 1.26. The van der Waals surface area contributed by atoms with Gasteiger partial charge in [0.05, 0.1) is 6.20 Å². The normalized spacial score (nSPS) is 11.4. The fourth-order valence-electron chi connectivity index (χ4n) is 1.23. The van der Waals surface area contributed by atoms with Crippen LogP contribution in [0.5, 0.6) is 0 Å². The van der Waals surface area contributed by atoms with E-state index in [1.165, 1.54) is 0 Å². The summed E-state index contributed by atoms with van der Waals surface area (Å²) in [7, 11) is 1.88. The minimum atomic E-state index is -0.490. The van der Waals surface area contributed by atoms with Crippen LogP contribution >= 0.6 is 0 Å². The number of hydrazine groups is 1. The minimum absolute atomic E-state index is 0.487. The van der Waals surface area contributed by atoms with Crippen LogP contribution in [0.1, 0.15) is 32.0 Å². The summed E-state index contributed by atoms with van der Waals surface area (Å²) >= 11 is 0. The number of nitrogens with one attached hydrogen (secondary N) is 2. The Labute approximate surface area is 101 Å². The molecule has 17 heavy (non-hydrogen) atoms. The van der Waals surface area contributed by atoms with E-state index in [2.05, 4.69) is 16.0 Å². The molecule has 6 heteroatoms. The zero-order valence-electron chi connectivity index (χ0n) is 11.0. The highest BCUT2D eigenvalue weighted by Crippen LogP contribution is 2.06. The first-order chi connectivity index (χ1) is 7.79. The number of ether oxygens (including phenoxy) is 1. The van der Waals surface area contributed by atoms with Crippen molar-refractivity contribution in [3.05, 3.63) is 17.5 Å². The van der Waals surface area contributed by atoms with Crippen molar-refractivity contribution >= 4 is 6.09 Å². The molecule has 96 valence electrons. The SMILES string of the molecule is Cc1c(CNNC(=O)OC(C)(C)C)cnn1C. The number of amides is 1. The van der Waals surface area contributed by atoms with Crippen LogP contribution in [0.3, 0.4) is 0 Å². The van der Waals surface area contributed by atoms with Gasteiger partial charge in [0.25, 0.3) is 0 Å². The molecule has 0 aliphatic rings. The summed E-state index contributed by atoms with van der Waals surface area (Å²) in [6.45, 7) is 7.93. The van der Waals surface area contributed by atoms with Gasteiger partial charge in [-0.2, -0.15) is 5.10 Å². The molecule has 0 saturated carbocycles. The maximum Gasteiger partial charge on any atom is 0.422 e. The molecular formula is C11H20N4O2. The zero-order valence-corrected chi connectivity index (χ0v) is 11.0. The van der Waals surface area contributed by atoms with Gasteiger partial charge in [0.1, 0.15) is 5.60 Å². The van der Waals surface area contributed by atoms with E-state index >= 15 is 0 Å². The maximum atomic E-state index is 11.3. The third-order valence-electron chi connectivity index (χ3n) is 2.21. The molecule has 6 nitrogen and oxygen atoms in total. The average Bonchev–Trinajstić information content (AvgIpc) is 2.46. The van der Waals surface area contributed by atoms with Crippen LogP contribution in [0.15, 0.2) is 6.20 Å². The molecule has 0 aromatic carbocycles. The van der Waals surface area contributed by atoms with Crippen molar-refractivity contribution in [3.8, 4) is 0 Å². The van der Waals surface area contributed by atoms with Gasteiger partial charge in [0.15, 0.2) is 0 Å². The van der Waals surface area contributed by atoms with E-state index in [0.29, 0.717) is 6.54 Å². The first-order valence-electron chi connectivity index (χ1n) is 5.49. The molecule has 0 aliphatic heterocycles. The Kier molecular flexibility index (Phi) is 4.11. The predicted molar refractivity (Wildman–Crippen MR) is 64.2 cm³/mol. The Hall–Kier alpha value is -1.56. The number of hydrogen-bond donors (Lipinski definition) is 2. The molecule has 1 amide bonds. The van der Waals surface area contributed by atoms with Crippen molar-refractivity contribution in [1.29, 1.82) is 0 Å². The molecule has 1 heterocycles. The van der Waals surface area contributed by atoms with Gasteiger partial charge in [-0.1, -0.05) is 0 Å². The summed E-state index contributed by atoms with van der Waals surface area (Å²) in [5, 5.41) is 4.11. The fraction of sp³-hybridized carbons (Fsp3) is 0.636. The highest BCUT2D eigenvalue weighted by Gasteiger charge is 2.15. The van der Waals surface area contributed by atoms with E-state index in [-0.39, 0.29) is 0 Å². The van der Waals surface area contributed by atoms with Crippen LogP contribution in [-0.4, -0.2) is 21.5 Å². The van der Waals surface area contributed by atoms with Crippen LogP contribution in [-0.2, 0) is 18.3 Å². The Morgan fingerprint density at radius 3 is 2.65 bits per heavy atom. The lowest BCUT2D eigenvalue weighted by molar-refractivity contribution is 0.0497. The van der Waals surface area contributed by atoms with Gasteiger partial charge < -0.3 is 4.74 Å². The lowest BCUT2D eigenvalue weighted by Crippen LogP contribution is -2.40. The Morgan fingerprint density at radius 2 is 2.18 bits per heavy atom. The Balaban J connectivity index is 2.34. The molecule has 1 aromatic rings. The van der Waals surface area contributed by atoms with Gasteiger partial charge in [-0.05, 0) is 27.7 Å². The maximum absolute atomic E-state index is 11.3. The van der Waals surface area contributed by atoms with Gasteiger partial charge >= 0.3 is 6.09 Å². The summed E-state index contributed by atoms with van der Waals surface area (Å²) in [6.07, 6.45) is 1.28. The van der Waals surface area contributed by atoms with Crippen molar-refractivity contribution in [1.82, 2.24) is 20.6 Å². The molecule has 2 N–H and O–H groups in total. The highest BCUT2D eigenvalue weighted by atomic mass is 16.6. The molecule has 0 radical (unpaired) electrons. The fourth-order valence-corrected chi connectivity index (χ4v) is 1.23. The van der Waals surface area contributed by atoms with Crippen molar-refractivity contribution in [2.24, 2.45) is 7.05 Å². The van der Waals surface area contributed by atoms with Crippen LogP contribution < -0.4 is 10.9 Å². The molecular weight excluding hydrogens is 220 g/mol. The topological polar surface area (TPSA) is 68.2 Å². The third kappa shape index (κ3) is 4.44. The van der Waals surface area contributed by atoms with Crippen molar-refractivity contribution in [2.75, 3.05) is 0 Å². The van der Waals surface area contributed by atoms with E-state index < -0.39 is 11.7 Å². The molecule has 0 fully saturated rings. The number of rotatable bonds is 3. The lowest BCUT2D eigenvalue weighted by atomic mass is 10.2. The summed E-state index contributed by atoms with van der Waals surface area (Å²) in [4.78, 5) is 11.3. The Morgan fingerprint density at radius 1 is 1.53 bits per heavy atom. The second kappa shape index (κ2) is 5.18. The number of aryl methyl sites for hydroxylation is 1. The van der Waals surface area contributed by atoms with E-state index in [9.17, 15) is 4.79 Å². The molecule has 1 rings (SSSR count). The lowest BCUT2D eigenvalue weighted by Gasteiger charge is -2.19. The third-order valence-corrected chi connectivity index (χ3v) is 2.21. The number of carbonyl (C=O) groups excluding carboxylic acids is 1. The number of hydrogen-bond acceptors (Lipinski definition) is 4. The number of aromatic nitrogens is 2. The average molecular weight is 240 g/mol. The summed E-state index contributed by atoms with van der Waals surface area (Å²) in [5.74, 6) is 0. The summed E-state index contributed by atoms with van der Waals surface area (Å²) in [6, 6.07) is 0. The van der Waals surface area contributed by atoms with Gasteiger partial charge in [-0.25, -0.2) is 10.2 Å². The van der Waals surface area contributed by atoms with E-state index in [1.807, 2.05) is 34.7 Å². The first-order valence-corrected chi connectivity index (χ1v) is 5.49. The van der Waals surface area contributed by atoms with Crippen LogP contribution in [0.4, 0.5) is 4.79 Å². The smallest absolute Gasteiger partial charge is 0.422 e. The molecule has 1 aromatic heterocycles. The number of nitrogens with zero attached hydrogens (tertiary/aromatic N) is 2. The first kappa shape index (κ1) is 13.5. The van der Waals surface area contributed by atoms with Gasteiger partial charge in [-0.3, -0.25) is 10.1 Å². The molecule has 0 unspecified atom stereocenters. The second-order valence-corrected chi connectivity index (χ2v) is 4.86. The van der Waals surface area contributed by atoms with Gasteiger partial charge in [0.2, 0.25) is 0 Å². The van der Waals surface area contributed by atoms with Crippen molar-refractivity contribution < 1.29 is 9.53 Å². The van der Waals surface area contributed by atoms with Gasteiger partial charge in [-0.15, -0.1) is 0 Å². The molecule has 0 spiro atoms. The monoisotopic (exact) mass is 240 g/mol. The molecule has 0 bridgehead atoms. The zero-order chi connectivity index (χ0) is 13.1. The molecule has 0 aliphatic carbocycles. The van der Waals surface area contributed by atoms with E-state index in [4.69, 9.17) is 4.74 Å². The van der Waals surface area contributed by atoms with Crippen LogP contribution in [0, 0.1) is 6.92 Å². The number of carbonyl (C=O) groups is 1. The summed E-state index contributed by atoms with van der Waals surface area (Å²) < 4.78 is 6.86. The standard InChI is InChI=1S/C11H20N4O2/c1-8-9(7-13-15(8)5)6-12-14-10(16)17-11(2,3)4/h7,12H,6H2,1-5H3,(H,14,16). The minimum Gasteiger partial charge on any atom is -0.443 e. The Bertz CT molecular complexity index is 393. The summed E-state index contributed by atoms with van der Waals surface area (Å²) in [5.41, 5.74) is 6.88. The molecule has 0 saturated heterocycles. The van der Waals surface area contributed by atoms with E-state index in [0.717, 1.165) is 11.3 Å². The largest absolute Gasteiger partial charge is 0.443 e. The van der Waals surface area contributed by atoms with Crippen molar-refractivity contribution in [2.45, 2.75) is 39.8 Å². The van der Waals surface area contributed by atoms with Crippen LogP contribution in [0.25, 0.3) is 0 Å².